The van der Waals surface area contributed by atoms with Gasteiger partial charge in [0, 0.05) is 29.6 Å². The summed E-state index contributed by atoms with van der Waals surface area (Å²) in [7, 11) is 3.14. The van der Waals surface area contributed by atoms with E-state index in [0.717, 1.165) is 11.1 Å². The molecule has 3 aliphatic rings. The third kappa shape index (κ3) is 3.08. The summed E-state index contributed by atoms with van der Waals surface area (Å²) in [5.41, 5.74) is 1.33. The fourth-order valence-electron chi connectivity index (χ4n) is 6.62. The van der Waals surface area contributed by atoms with E-state index >= 15 is 0 Å². The number of amides is 2. The zero-order valence-electron chi connectivity index (χ0n) is 21.6. The highest BCUT2D eigenvalue weighted by molar-refractivity contribution is 6.12. The van der Waals surface area contributed by atoms with Gasteiger partial charge in [0.25, 0.3) is 5.91 Å². The Morgan fingerprint density at radius 2 is 1.72 bits per heavy atom. The van der Waals surface area contributed by atoms with E-state index in [1.807, 2.05) is 75.1 Å². The Hall–Kier alpha value is -3.61. The summed E-state index contributed by atoms with van der Waals surface area (Å²) in [6.07, 6.45) is 2.02. The van der Waals surface area contributed by atoms with Gasteiger partial charge < -0.3 is 19.3 Å². The molecule has 2 heterocycles. The van der Waals surface area contributed by atoms with Gasteiger partial charge in [-0.05, 0) is 51.0 Å². The van der Waals surface area contributed by atoms with Crippen LogP contribution in [0, 0.1) is 0 Å². The van der Waals surface area contributed by atoms with Gasteiger partial charge in [-0.15, -0.1) is 0 Å². The Morgan fingerprint density at radius 1 is 1.03 bits per heavy atom. The number of ketones is 1. The Labute approximate surface area is 211 Å². The normalized spacial score (nSPS) is 26.3. The second-order valence-electron chi connectivity index (χ2n) is 10.7. The molecule has 0 saturated carbocycles. The molecule has 2 aromatic rings. The average molecular weight is 489 g/mol. The molecule has 1 spiro atoms. The minimum atomic E-state index is -0.919. The molecule has 3 unspecified atom stereocenters. The lowest BCUT2D eigenvalue weighted by Gasteiger charge is -2.45. The molecule has 0 bridgehead atoms. The van der Waals surface area contributed by atoms with E-state index in [-0.39, 0.29) is 30.6 Å². The molecule has 36 heavy (non-hydrogen) atoms. The Balaban J connectivity index is 1.72. The van der Waals surface area contributed by atoms with Crippen LogP contribution in [-0.2, 0) is 21.5 Å². The van der Waals surface area contributed by atoms with E-state index in [2.05, 4.69) is 0 Å². The molecule has 2 aliphatic heterocycles. The van der Waals surface area contributed by atoms with E-state index in [9.17, 15) is 14.4 Å². The van der Waals surface area contributed by atoms with Crippen molar-refractivity contribution in [3.05, 3.63) is 70.8 Å². The molecule has 2 saturated heterocycles. The molecule has 2 aromatic carbocycles. The molecule has 7 nitrogen and oxygen atoms in total. The first-order chi connectivity index (χ1) is 17.1. The van der Waals surface area contributed by atoms with Gasteiger partial charge in [0.1, 0.15) is 6.04 Å². The summed E-state index contributed by atoms with van der Waals surface area (Å²) in [6.45, 7) is 8.04. The van der Waals surface area contributed by atoms with Crippen molar-refractivity contribution in [2.45, 2.75) is 63.7 Å². The SMILES string of the molecule is C/C=C1\C(=O)N(Cc2ccc(OC)c(OC)c2)C2C(=O)N(C(C)(C)C)C3CC(=O)c4ccccc4C123. The number of ether oxygens (including phenoxy) is 2. The predicted molar refractivity (Wildman–Crippen MR) is 135 cm³/mol. The third-order valence-corrected chi connectivity index (χ3v) is 7.85. The highest BCUT2D eigenvalue weighted by Crippen LogP contribution is 2.58. The van der Waals surface area contributed by atoms with Gasteiger partial charge in [-0.3, -0.25) is 14.4 Å². The first-order valence-electron chi connectivity index (χ1n) is 12.3. The fourth-order valence-corrected chi connectivity index (χ4v) is 6.62. The summed E-state index contributed by atoms with van der Waals surface area (Å²) in [6, 6.07) is 11.8. The van der Waals surface area contributed by atoms with Crippen molar-refractivity contribution < 1.29 is 23.9 Å². The summed E-state index contributed by atoms with van der Waals surface area (Å²) in [4.78, 5) is 45.1. The average Bonchev–Trinajstić information content (AvgIpc) is 3.25. The second kappa shape index (κ2) is 8.22. The maximum Gasteiger partial charge on any atom is 0.251 e. The van der Waals surface area contributed by atoms with Crippen molar-refractivity contribution in [3.8, 4) is 11.5 Å². The molecule has 2 amide bonds. The number of hydrogen-bond donors (Lipinski definition) is 0. The number of fused-ring (bicyclic) bond motifs is 1. The topological polar surface area (TPSA) is 76.2 Å². The molecule has 0 N–H and O–H groups in total. The number of benzene rings is 2. The lowest BCUT2D eigenvalue weighted by atomic mass is 9.61. The van der Waals surface area contributed by atoms with Crippen LogP contribution in [0.4, 0.5) is 0 Å². The first kappa shape index (κ1) is 24.1. The minimum absolute atomic E-state index is 0.00479. The van der Waals surface area contributed by atoms with Crippen LogP contribution in [0.2, 0.25) is 0 Å². The number of likely N-dealkylation sites (tertiary alicyclic amines) is 2. The molecule has 188 valence electrons. The van der Waals surface area contributed by atoms with E-state index < -0.39 is 23.0 Å². The van der Waals surface area contributed by atoms with Gasteiger partial charge in [-0.2, -0.15) is 0 Å². The van der Waals surface area contributed by atoms with E-state index in [0.29, 0.717) is 22.6 Å². The van der Waals surface area contributed by atoms with Gasteiger partial charge in [0.2, 0.25) is 5.91 Å². The summed E-state index contributed by atoms with van der Waals surface area (Å²) in [5, 5.41) is 0. The van der Waals surface area contributed by atoms with Gasteiger partial charge in [-0.25, -0.2) is 0 Å². The van der Waals surface area contributed by atoms with Crippen LogP contribution < -0.4 is 9.47 Å². The molecule has 7 heteroatoms. The second-order valence-corrected chi connectivity index (χ2v) is 10.7. The van der Waals surface area contributed by atoms with Gasteiger partial charge in [0.05, 0.1) is 25.7 Å². The van der Waals surface area contributed by atoms with Gasteiger partial charge >= 0.3 is 0 Å². The Morgan fingerprint density at radius 3 is 2.36 bits per heavy atom. The maximum atomic E-state index is 14.3. The lowest BCUT2D eigenvalue weighted by Crippen LogP contribution is -2.55. The summed E-state index contributed by atoms with van der Waals surface area (Å²) in [5.74, 6) is 0.861. The monoisotopic (exact) mass is 488 g/mol. The zero-order chi connectivity index (χ0) is 26.0. The number of rotatable bonds is 4. The number of carbonyl (C=O) groups is 3. The van der Waals surface area contributed by atoms with Crippen LogP contribution >= 0.6 is 0 Å². The molecule has 1 aliphatic carbocycles. The number of Topliss-reactive ketones (excluding diaryl/α,β-unsaturated/α-hetero) is 1. The van der Waals surface area contributed by atoms with Crippen molar-refractivity contribution in [2.75, 3.05) is 14.2 Å². The van der Waals surface area contributed by atoms with Crippen LogP contribution in [0.15, 0.2) is 54.1 Å². The number of hydrogen-bond acceptors (Lipinski definition) is 5. The Kier molecular flexibility index (Phi) is 5.50. The van der Waals surface area contributed by atoms with Crippen LogP contribution in [0.25, 0.3) is 0 Å². The van der Waals surface area contributed by atoms with Crippen molar-refractivity contribution in [1.82, 2.24) is 9.80 Å². The van der Waals surface area contributed by atoms with Crippen molar-refractivity contribution >= 4 is 17.6 Å². The highest BCUT2D eigenvalue weighted by atomic mass is 16.5. The lowest BCUT2D eigenvalue weighted by molar-refractivity contribution is -0.142. The zero-order valence-corrected chi connectivity index (χ0v) is 21.6. The van der Waals surface area contributed by atoms with Crippen LogP contribution in [0.5, 0.6) is 11.5 Å². The smallest absolute Gasteiger partial charge is 0.251 e. The molecular weight excluding hydrogens is 456 g/mol. The molecule has 3 atom stereocenters. The van der Waals surface area contributed by atoms with E-state index in [4.69, 9.17) is 9.47 Å². The number of carbonyl (C=O) groups excluding carboxylic acids is 3. The predicted octanol–water partition coefficient (Wildman–Crippen LogP) is 3.89. The van der Waals surface area contributed by atoms with E-state index in [1.165, 1.54) is 0 Å². The molecule has 5 rings (SSSR count). The van der Waals surface area contributed by atoms with Crippen molar-refractivity contribution in [1.29, 1.82) is 0 Å². The molecule has 2 fully saturated rings. The van der Waals surface area contributed by atoms with Crippen molar-refractivity contribution in [2.24, 2.45) is 0 Å². The highest BCUT2D eigenvalue weighted by Gasteiger charge is 2.72. The molecule has 0 radical (unpaired) electrons. The number of nitrogens with zero attached hydrogens (tertiary/aromatic N) is 2. The number of allylic oxidation sites excluding steroid dienone is 1. The van der Waals surface area contributed by atoms with Crippen LogP contribution in [0.3, 0.4) is 0 Å². The molecular formula is C29H32N2O5. The maximum absolute atomic E-state index is 14.3. The summed E-state index contributed by atoms with van der Waals surface area (Å²) < 4.78 is 10.8. The fraction of sp³-hybridized carbons (Fsp3) is 0.414. The van der Waals surface area contributed by atoms with Gasteiger partial charge in [-0.1, -0.05) is 36.4 Å². The quantitative estimate of drug-likeness (QED) is 0.611. The van der Waals surface area contributed by atoms with E-state index in [1.54, 1.807) is 25.2 Å². The van der Waals surface area contributed by atoms with Crippen LogP contribution in [-0.4, -0.2) is 59.2 Å². The third-order valence-electron chi connectivity index (χ3n) is 7.85. The largest absolute Gasteiger partial charge is 0.493 e. The Bertz CT molecular complexity index is 1310. The number of methoxy groups -OCH3 is 2. The van der Waals surface area contributed by atoms with Crippen molar-refractivity contribution in [3.63, 3.8) is 0 Å². The minimum Gasteiger partial charge on any atom is -0.493 e. The molecule has 0 aromatic heterocycles. The van der Waals surface area contributed by atoms with Gasteiger partial charge in [0.15, 0.2) is 17.3 Å². The standard InChI is InChI=1S/C29H32N2O5/c1-7-19-26(33)30(16-17-12-13-22(35-5)23(14-17)36-6)25-27(34)31(28(2,3)4)24-15-21(32)18-10-8-9-11-20(18)29(19,24)25/h7-14,24-25H,15-16H2,1-6H3/b19-7+. The summed E-state index contributed by atoms with van der Waals surface area (Å²) >= 11 is 0. The van der Waals surface area contributed by atoms with Crippen LogP contribution in [0.1, 0.15) is 55.6 Å². The first-order valence-corrected chi connectivity index (χ1v) is 12.3.